The lowest BCUT2D eigenvalue weighted by Gasteiger charge is -2.22. The van der Waals surface area contributed by atoms with Crippen LogP contribution in [0.1, 0.15) is 30.1 Å². The molecular formula is C10H15ClN2O4S2. The van der Waals surface area contributed by atoms with Crippen LogP contribution in [0.15, 0.2) is 6.20 Å². The number of hydrogen-bond donors (Lipinski definition) is 0. The van der Waals surface area contributed by atoms with Crippen molar-refractivity contribution in [2.24, 2.45) is 0 Å². The molecule has 2 rings (SSSR count). The summed E-state index contributed by atoms with van der Waals surface area (Å²) in [5, 5.41) is 4.26. The van der Waals surface area contributed by atoms with E-state index in [0.717, 1.165) is 0 Å². The molecule has 2 heterocycles. The minimum atomic E-state index is -3.61. The Morgan fingerprint density at radius 3 is 2.53 bits per heavy atom. The second-order valence-electron chi connectivity index (χ2n) is 4.79. The monoisotopic (exact) mass is 326 g/mol. The molecule has 1 saturated heterocycles. The van der Waals surface area contributed by atoms with Crippen LogP contribution >= 0.6 is 10.7 Å². The van der Waals surface area contributed by atoms with Crippen LogP contribution in [-0.4, -0.2) is 38.1 Å². The maximum atomic E-state index is 11.4. The molecule has 0 aliphatic carbocycles. The van der Waals surface area contributed by atoms with Crippen LogP contribution in [0.3, 0.4) is 0 Å². The summed E-state index contributed by atoms with van der Waals surface area (Å²) in [6.45, 7) is 1.72. The Kier molecular flexibility index (Phi) is 3.95. The van der Waals surface area contributed by atoms with E-state index in [1.807, 2.05) is 0 Å². The lowest BCUT2D eigenvalue weighted by Crippen LogP contribution is -2.25. The van der Waals surface area contributed by atoms with Crippen LogP contribution in [0.5, 0.6) is 0 Å². The Bertz CT molecular complexity index is 664. The molecule has 0 unspecified atom stereocenters. The van der Waals surface area contributed by atoms with Crippen molar-refractivity contribution in [3.05, 3.63) is 17.5 Å². The molecule has 6 nitrogen and oxygen atoms in total. The van der Waals surface area contributed by atoms with Gasteiger partial charge in [0.2, 0.25) is 9.05 Å². The normalized spacial score (nSPS) is 20.5. The average Bonchev–Trinajstić information content (AvgIpc) is 2.57. The quantitative estimate of drug-likeness (QED) is 0.774. The highest BCUT2D eigenvalue weighted by Crippen LogP contribution is 2.25. The lowest BCUT2D eigenvalue weighted by atomic mass is 10.2. The van der Waals surface area contributed by atoms with Crippen molar-refractivity contribution in [1.29, 1.82) is 0 Å². The zero-order valence-corrected chi connectivity index (χ0v) is 12.8. The minimum absolute atomic E-state index is 0.00834. The van der Waals surface area contributed by atoms with E-state index in [-0.39, 0.29) is 23.3 Å². The fraction of sp³-hybridized carbons (Fsp3) is 0.700. The van der Waals surface area contributed by atoms with Crippen molar-refractivity contribution < 1.29 is 16.8 Å². The molecule has 1 aliphatic rings. The van der Waals surface area contributed by atoms with Gasteiger partial charge in [0.05, 0.1) is 29.0 Å². The number of halogens is 1. The third-order valence-electron chi connectivity index (χ3n) is 3.24. The molecule has 0 radical (unpaired) electrons. The summed E-state index contributed by atoms with van der Waals surface area (Å²) in [7, 11) is -1.30. The number of aromatic nitrogens is 2. The fourth-order valence-electron chi connectivity index (χ4n) is 2.18. The average molecular weight is 327 g/mol. The standard InChI is InChI=1S/C10H15ClN2O4S2/c1-8-9(7-19(11,16)17)6-13(12-8)10-2-4-18(14,15)5-3-10/h6,10H,2-5,7H2,1H3. The second-order valence-corrected chi connectivity index (χ2v) is 9.87. The van der Waals surface area contributed by atoms with Crippen LogP contribution < -0.4 is 0 Å². The minimum Gasteiger partial charge on any atom is -0.269 e. The third kappa shape index (κ3) is 3.93. The lowest BCUT2D eigenvalue weighted by molar-refractivity contribution is 0.412. The van der Waals surface area contributed by atoms with Crippen molar-refractivity contribution >= 4 is 29.6 Å². The summed E-state index contributed by atoms with van der Waals surface area (Å²) in [5.74, 6) is 0.0465. The molecular weight excluding hydrogens is 312 g/mol. The summed E-state index contributed by atoms with van der Waals surface area (Å²) in [5.41, 5.74) is 1.17. The summed E-state index contributed by atoms with van der Waals surface area (Å²) >= 11 is 0. The fourth-order valence-corrected chi connectivity index (χ4v) is 4.65. The molecule has 0 N–H and O–H groups in total. The van der Waals surface area contributed by atoms with E-state index in [4.69, 9.17) is 10.7 Å². The first-order valence-corrected chi connectivity index (χ1v) is 10.1. The summed E-state index contributed by atoms with van der Waals surface area (Å²) in [6.07, 6.45) is 2.67. The Labute approximate surface area is 117 Å². The van der Waals surface area contributed by atoms with Gasteiger partial charge in [-0.15, -0.1) is 0 Å². The maximum Gasteiger partial charge on any atom is 0.236 e. The first kappa shape index (κ1) is 14.8. The van der Waals surface area contributed by atoms with Gasteiger partial charge < -0.3 is 0 Å². The predicted octanol–water partition coefficient (Wildman–Crippen LogP) is 1.01. The predicted molar refractivity (Wildman–Crippen MR) is 72.4 cm³/mol. The Balaban J connectivity index is 2.17. The van der Waals surface area contributed by atoms with Gasteiger partial charge in [-0.3, -0.25) is 4.68 Å². The smallest absolute Gasteiger partial charge is 0.236 e. The van der Waals surface area contributed by atoms with Gasteiger partial charge >= 0.3 is 0 Å². The van der Waals surface area contributed by atoms with E-state index in [1.54, 1.807) is 17.8 Å². The zero-order valence-electron chi connectivity index (χ0n) is 10.4. The van der Waals surface area contributed by atoms with Crippen LogP contribution in [-0.2, 0) is 24.6 Å². The Morgan fingerprint density at radius 2 is 2.00 bits per heavy atom. The molecule has 0 amide bonds. The first-order valence-electron chi connectivity index (χ1n) is 5.84. The van der Waals surface area contributed by atoms with Crippen LogP contribution in [0.4, 0.5) is 0 Å². The molecule has 0 atom stereocenters. The SMILES string of the molecule is Cc1nn(C2CCS(=O)(=O)CC2)cc1CS(=O)(=O)Cl. The van der Waals surface area contributed by atoms with E-state index in [9.17, 15) is 16.8 Å². The number of aryl methyl sites for hydroxylation is 1. The van der Waals surface area contributed by atoms with Crippen molar-refractivity contribution in [3.63, 3.8) is 0 Å². The van der Waals surface area contributed by atoms with E-state index < -0.39 is 18.9 Å². The summed E-state index contributed by atoms with van der Waals surface area (Å²) < 4.78 is 46.5. The van der Waals surface area contributed by atoms with Crippen molar-refractivity contribution in [2.75, 3.05) is 11.5 Å². The molecule has 1 fully saturated rings. The van der Waals surface area contributed by atoms with Crippen molar-refractivity contribution in [3.8, 4) is 0 Å². The van der Waals surface area contributed by atoms with E-state index in [1.165, 1.54) is 0 Å². The highest BCUT2D eigenvalue weighted by atomic mass is 35.7. The highest BCUT2D eigenvalue weighted by Gasteiger charge is 2.26. The molecule has 0 aromatic carbocycles. The highest BCUT2D eigenvalue weighted by molar-refractivity contribution is 8.13. The molecule has 19 heavy (non-hydrogen) atoms. The molecule has 1 aliphatic heterocycles. The van der Waals surface area contributed by atoms with Crippen molar-refractivity contribution in [1.82, 2.24) is 9.78 Å². The molecule has 0 spiro atoms. The zero-order chi connectivity index (χ0) is 14.3. The number of rotatable bonds is 3. The number of sulfone groups is 1. The molecule has 9 heteroatoms. The van der Waals surface area contributed by atoms with Gasteiger partial charge in [-0.05, 0) is 19.8 Å². The third-order valence-corrected chi connectivity index (χ3v) is 5.94. The molecule has 1 aromatic rings. The van der Waals surface area contributed by atoms with Crippen molar-refractivity contribution in [2.45, 2.75) is 31.6 Å². The topological polar surface area (TPSA) is 86.1 Å². The van der Waals surface area contributed by atoms with E-state index in [0.29, 0.717) is 24.1 Å². The number of nitrogens with zero attached hydrogens (tertiary/aromatic N) is 2. The molecule has 108 valence electrons. The van der Waals surface area contributed by atoms with Crippen LogP contribution in [0.2, 0.25) is 0 Å². The Hall–Kier alpha value is -0.600. The van der Waals surface area contributed by atoms with Crippen LogP contribution in [0.25, 0.3) is 0 Å². The van der Waals surface area contributed by atoms with Gasteiger partial charge in [-0.1, -0.05) is 0 Å². The number of hydrogen-bond acceptors (Lipinski definition) is 5. The van der Waals surface area contributed by atoms with Gasteiger partial charge in [0.1, 0.15) is 9.84 Å². The molecule has 0 saturated carbocycles. The van der Waals surface area contributed by atoms with Gasteiger partial charge in [-0.25, -0.2) is 16.8 Å². The summed E-state index contributed by atoms with van der Waals surface area (Å²) in [6, 6.07) is 0.00834. The molecule has 1 aromatic heterocycles. The van der Waals surface area contributed by atoms with E-state index in [2.05, 4.69) is 5.10 Å². The summed E-state index contributed by atoms with van der Waals surface area (Å²) in [4.78, 5) is 0. The van der Waals surface area contributed by atoms with Crippen LogP contribution in [0, 0.1) is 6.92 Å². The van der Waals surface area contributed by atoms with Gasteiger partial charge in [0, 0.05) is 22.4 Å². The maximum absolute atomic E-state index is 11.4. The molecule has 0 bridgehead atoms. The largest absolute Gasteiger partial charge is 0.269 e. The Morgan fingerprint density at radius 1 is 1.42 bits per heavy atom. The van der Waals surface area contributed by atoms with Gasteiger partial charge in [-0.2, -0.15) is 5.10 Å². The first-order chi connectivity index (χ1) is 8.66. The van der Waals surface area contributed by atoms with Gasteiger partial charge in [0.25, 0.3) is 0 Å². The van der Waals surface area contributed by atoms with E-state index >= 15 is 0 Å². The second kappa shape index (κ2) is 5.06. The van der Waals surface area contributed by atoms with Gasteiger partial charge in [0.15, 0.2) is 0 Å².